The second kappa shape index (κ2) is 19.4. The topological polar surface area (TPSA) is 36.9 Å². The number of hydrogen-bond acceptors (Lipinski definition) is 4. The highest BCUT2D eigenvalue weighted by Gasteiger charge is 1.94. The Morgan fingerprint density at radius 3 is 1.00 bits per heavy atom. The molecule has 2 aliphatic heterocycles. The van der Waals surface area contributed by atoms with Gasteiger partial charge in [-0.25, -0.2) is 0 Å². The lowest BCUT2D eigenvalue weighted by molar-refractivity contribution is -0.0963. The normalized spacial score (nSPS) is 18.4. The van der Waals surface area contributed by atoms with Gasteiger partial charge in [0, 0.05) is 0 Å². The van der Waals surface area contributed by atoms with Crippen LogP contribution in [0.25, 0.3) is 0 Å². The first-order chi connectivity index (χ1) is 7.50. The van der Waals surface area contributed by atoms with Crippen LogP contribution < -0.4 is 0 Å². The Balaban J connectivity index is 0. The van der Waals surface area contributed by atoms with Crippen LogP contribution in [0.5, 0.6) is 0 Å². The van der Waals surface area contributed by atoms with Crippen LogP contribution in [0.15, 0.2) is 0 Å². The molecule has 0 radical (unpaired) electrons. The third-order valence-electron chi connectivity index (χ3n) is 1.28. The summed E-state index contributed by atoms with van der Waals surface area (Å²) in [5, 5.41) is 0. The molecule has 0 bridgehead atoms. The van der Waals surface area contributed by atoms with Crippen molar-refractivity contribution in [2.75, 3.05) is 40.0 Å². The van der Waals surface area contributed by atoms with Gasteiger partial charge in [0.2, 0.25) is 0 Å². The first-order valence-corrected chi connectivity index (χ1v) is 5.81. The molecule has 0 aromatic heterocycles. The minimum absolute atomic E-state index is 0.500. The van der Waals surface area contributed by atoms with E-state index in [0.29, 0.717) is 13.6 Å². The van der Waals surface area contributed by atoms with E-state index in [4.69, 9.17) is 18.9 Å². The largest absolute Gasteiger partial charge is 0.355 e. The summed E-state index contributed by atoms with van der Waals surface area (Å²) in [7, 11) is 0. The van der Waals surface area contributed by atoms with Crippen LogP contribution in [0.1, 0.15) is 34.1 Å². The molecule has 0 aliphatic carbocycles. The van der Waals surface area contributed by atoms with Gasteiger partial charge in [0.05, 0.1) is 26.4 Å². The van der Waals surface area contributed by atoms with E-state index in [9.17, 15) is 0 Å². The number of hydrogen-bond donors (Lipinski definition) is 0. The average Bonchev–Trinajstić information content (AvgIpc) is 2.95. The highest BCUT2D eigenvalue weighted by Crippen LogP contribution is 1.91. The van der Waals surface area contributed by atoms with Crippen LogP contribution in [0.3, 0.4) is 0 Å². The summed E-state index contributed by atoms with van der Waals surface area (Å²) in [5.41, 5.74) is 0. The summed E-state index contributed by atoms with van der Waals surface area (Å²) in [6.07, 6.45) is 1.06. The van der Waals surface area contributed by atoms with Crippen LogP contribution in [0.4, 0.5) is 0 Å². The average molecular weight is 222 g/mol. The quantitative estimate of drug-likeness (QED) is 0.631. The molecule has 4 nitrogen and oxygen atoms in total. The highest BCUT2D eigenvalue weighted by atomic mass is 16.7. The van der Waals surface area contributed by atoms with E-state index in [1.807, 2.05) is 27.7 Å². The molecule has 2 saturated heterocycles. The maximum Gasteiger partial charge on any atom is 0.146 e. The van der Waals surface area contributed by atoms with Gasteiger partial charge in [0.15, 0.2) is 0 Å². The van der Waals surface area contributed by atoms with E-state index >= 15 is 0 Å². The standard InChI is InChI=1S/C4H8O2.C3H6O2.2C2H6/c1-2-5-4-6-3-1;1-2-5-3-4-1;2*1-2/h1-4H2;1-3H2;2*1-2H3. The van der Waals surface area contributed by atoms with Gasteiger partial charge in [0.25, 0.3) is 0 Å². The molecular weight excluding hydrogens is 196 g/mol. The summed E-state index contributed by atoms with van der Waals surface area (Å²) >= 11 is 0. The molecule has 0 spiro atoms. The third-order valence-corrected chi connectivity index (χ3v) is 1.28. The first kappa shape index (κ1) is 17.2. The maximum atomic E-state index is 4.85. The fourth-order valence-corrected chi connectivity index (χ4v) is 0.734. The summed E-state index contributed by atoms with van der Waals surface area (Å²) in [6, 6.07) is 0. The Morgan fingerprint density at radius 2 is 0.867 bits per heavy atom. The molecule has 0 aromatic carbocycles. The van der Waals surface area contributed by atoms with E-state index in [-0.39, 0.29) is 0 Å². The minimum atomic E-state index is 0.500. The number of ether oxygens (including phenoxy) is 4. The molecule has 0 N–H and O–H groups in total. The molecule has 0 amide bonds. The van der Waals surface area contributed by atoms with Gasteiger partial charge >= 0.3 is 0 Å². The van der Waals surface area contributed by atoms with E-state index in [1.165, 1.54) is 0 Å². The van der Waals surface area contributed by atoms with Crippen molar-refractivity contribution in [2.24, 2.45) is 0 Å². The Bertz CT molecular complexity index is 61.5. The van der Waals surface area contributed by atoms with Gasteiger partial charge in [-0.3, -0.25) is 0 Å². The predicted octanol–water partition coefficient (Wildman–Crippen LogP) is 2.42. The van der Waals surface area contributed by atoms with E-state index in [2.05, 4.69) is 0 Å². The van der Waals surface area contributed by atoms with Crippen LogP contribution in [-0.4, -0.2) is 40.0 Å². The molecule has 2 rings (SSSR count). The molecule has 2 aliphatic rings. The monoisotopic (exact) mass is 222 g/mol. The lowest BCUT2D eigenvalue weighted by atomic mass is 10.5. The molecule has 15 heavy (non-hydrogen) atoms. The third kappa shape index (κ3) is 16.5. The van der Waals surface area contributed by atoms with Gasteiger partial charge in [-0.2, -0.15) is 0 Å². The summed E-state index contributed by atoms with van der Waals surface area (Å²) in [6.45, 7) is 12.3. The molecule has 0 saturated carbocycles. The van der Waals surface area contributed by atoms with Crippen molar-refractivity contribution in [3.8, 4) is 0 Å². The van der Waals surface area contributed by atoms with Crippen LogP contribution >= 0.6 is 0 Å². The van der Waals surface area contributed by atoms with Crippen molar-refractivity contribution in [1.82, 2.24) is 0 Å². The van der Waals surface area contributed by atoms with Crippen molar-refractivity contribution in [2.45, 2.75) is 34.1 Å². The van der Waals surface area contributed by atoms with E-state index in [0.717, 1.165) is 32.8 Å². The maximum absolute atomic E-state index is 4.85. The zero-order valence-corrected chi connectivity index (χ0v) is 10.6. The smallest absolute Gasteiger partial charge is 0.146 e. The SMILES string of the molecule is C1COCO1.C1COCOC1.CC.CC. The highest BCUT2D eigenvalue weighted by molar-refractivity contribution is 4.34. The lowest BCUT2D eigenvalue weighted by Gasteiger charge is -2.09. The molecular formula is C11H26O4. The predicted molar refractivity (Wildman–Crippen MR) is 60.9 cm³/mol. The second-order valence-corrected chi connectivity index (χ2v) is 2.22. The minimum Gasteiger partial charge on any atom is -0.355 e. The first-order valence-electron chi connectivity index (χ1n) is 5.81. The molecule has 0 aromatic rings. The summed E-state index contributed by atoms with van der Waals surface area (Å²) in [4.78, 5) is 0. The van der Waals surface area contributed by atoms with Crippen molar-refractivity contribution in [3.63, 3.8) is 0 Å². The Kier molecular flexibility index (Phi) is 22.3. The zero-order valence-electron chi connectivity index (χ0n) is 10.6. The Labute approximate surface area is 93.8 Å². The van der Waals surface area contributed by atoms with Crippen LogP contribution in [0.2, 0.25) is 0 Å². The molecule has 94 valence electrons. The van der Waals surface area contributed by atoms with Crippen molar-refractivity contribution >= 4 is 0 Å². The zero-order chi connectivity index (χ0) is 11.8. The molecule has 2 fully saturated rings. The van der Waals surface area contributed by atoms with Crippen molar-refractivity contribution < 1.29 is 18.9 Å². The van der Waals surface area contributed by atoms with Crippen LogP contribution in [0, 0.1) is 0 Å². The molecule has 0 unspecified atom stereocenters. The molecule has 4 heteroatoms. The summed E-state index contributed by atoms with van der Waals surface area (Å²) in [5.74, 6) is 0. The second-order valence-electron chi connectivity index (χ2n) is 2.22. The van der Waals surface area contributed by atoms with Gasteiger partial charge in [0.1, 0.15) is 13.6 Å². The lowest BCUT2D eigenvalue weighted by Crippen LogP contribution is -2.11. The molecule has 0 atom stereocenters. The van der Waals surface area contributed by atoms with Gasteiger partial charge in [-0.05, 0) is 6.42 Å². The van der Waals surface area contributed by atoms with Gasteiger partial charge in [-0.15, -0.1) is 0 Å². The Hall–Kier alpha value is -0.160. The van der Waals surface area contributed by atoms with Gasteiger partial charge < -0.3 is 18.9 Å². The van der Waals surface area contributed by atoms with Crippen molar-refractivity contribution in [1.29, 1.82) is 0 Å². The fraction of sp³-hybridized carbons (Fsp3) is 1.00. The van der Waals surface area contributed by atoms with E-state index < -0.39 is 0 Å². The Morgan fingerprint density at radius 1 is 0.533 bits per heavy atom. The number of rotatable bonds is 0. The van der Waals surface area contributed by atoms with Crippen LogP contribution in [-0.2, 0) is 18.9 Å². The fourth-order valence-electron chi connectivity index (χ4n) is 0.734. The van der Waals surface area contributed by atoms with Crippen molar-refractivity contribution in [3.05, 3.63) is 0 Å². The summed E-state index contributed by atoms with van der Waals surface area (Å²) < 4.78 is 19.1. The molecule has 2 heterocycles. The van der Waals surface area contributed by atoms with E-state index in [1.54, 1.807) is 0 Å². The van der Waals surface area contributed by atoms with Gasteiger partial charge in [-0.1, -0.05) is 27.7 Å².